The van der Waals surface area contributed by atoms with Gasteiger partial charge in [-0.25, -0.2) is 0 Å². The number of carbonyl (C=O) groups excluding carboxylic acids is 1. The van der Waals surface area contributed by atoms with Gasteiger partial charge in [0.2, 0.25) is 0 Å². The van der Waals surface area contributed by atoms with Crippen LogP contribution in [0.2, 0.25) is 0 Å². The molecule has 25 heavy (non-hydrogen) atoms. The summed E-state index contributed by atoms with van der Waals surface area (Å²) in [6.45, 7) is 8.49. The number of amides is 1. The van der Waals surface area contributed by atoms with Gasteiger partial charge >= 0.3 is 0 Å². The number of fused-ring (bicyclic) bond motifs is 2. The molecule has 0 saturated carbocycles. The summed E-state index contributed by atoms with van der Waals surface area (Å²) in [5, 5.41) is 3.56. The Bertz CT molecular complexity index is 964. The number of nitrogens with one attached hydrogen (secondary N) is 1. The highest BCUT2D eigenvalue weighted by atomic mass is 32.2. The van der Waals surface area contributed by atoms with Crippen molar-refractivity contribution in [2.75, 3.05) is 10.2 Å². The molecule has 2 aromatic rings. The predicted molar refractivity (Wildman–Crippen MR) is 104 cm³/mol. The second-order valence-corrected chi connectivity index (χ2v) is 8.99. The summed E-state index contributed by atoms with van der Waals surface area (Å²) in [6.07, 6.45) is 2.21. The Hall–Kier alpha value is -2.20. The van der Waals surface area contributed by atoms with Gasteiger partial charge in [-0.05, 0) is 57.0 Å². The molecule has 0 bridgehead atoms. The zero-order valence-corrected chi connectivity index (χ0v) is 15.6. The zero-order chi connectivity index (χ0) is 17.6. The fraction of sp³-hybridized carbons (Fsp3) is 0.286. The number of carbonyl (C=O) groups is 1. The van der Waals surface area contributed by atoms with Crippen molar-refractivity contribution >= 4 is 34.6 Å². The smallest absolute Gasteiger partial charge is 0.269 e. The van der Waals surface area contributed by atoms with E-state index in [4.69, 9.17) is 0 Å². The van der Waals surface area contributed by atoms with E-state index in [9.17, 15) is 4.79 Å². The number of anilines is 2. The molecule has 3 heterocycles. The van der Waals surface area contributed by atoms with Crippen LogP contribution in [0.1, 0.15) is 37.5 Å². The summed E-state index contributed by atoms with van der Waals surface area (Å²) >= 11 is 1.64. The van der Waals surface area contributed by atoms with E-state index in [0.29, 0.717) is 0 Å². The van der Waals surface area contributed by atoms with Crippen LogP contribution in [0.3, 0.4) is 0 Å². The van der Waals surface area contributed by atoms with Crippen LogP contribution in [-0.4, -0.2) is 11.4 Å². The van der Waals surface area contributed by atoms with E-state index < -0.39 is 4.87 Å². The first-order valence-electron chi connectivity index (χ1n) is 8.59. The monoisotopic (exact) mass is 348 g/mol. The molecular weight excluding hydrogens is 328 g/mol. The Kier molecular flexibility index (Phi) is 2.71. The molecule has 1 unspecified atom stereocenters. The second kappa shape index (κ2) is 4.50. The van der Waals surface area contributed by atoms with Crippen molar-refractivity contribution < 1.29 is 4.79 Å². The molecule has 0 saturated heterocycles. The molecule has 1 spiro atoms. The second-order valence-electron chi connectivity index (χ2n) is 7.73. The minimum Gasteiger partial charge on any atom is -0.358 e. The highest BCUT2D eigenvalue weighted by molar-refractivity contribution is 8.01. The molecule has 1 amide bonds. The van der Waals surface area contributed by atoms with Crippen molar-refractivity contribution in [2.45, 2.75) is 43.0 Å². The summed E-state index contributed by atoms with van der Waals surface area (Å²) in [5.41, 5.74) is 6.48. The lowest BCUT2D eigenvalue weighted by atomic mass is 9.88. The first kappa shape index (κ1) is 15.1. The zero-order valence-electron chi connectivity index (χ0n) is 14.8. The van der Waals surface area contributed by atoms with Gasteiger partial charge in [-0.2, -0.15) is 0 Å². The molecule has 0 fully saturated rings. The van der Waals surface area contributed by atoms with E-state index in [1.807, 2.05) is 17.0 Å². The van der Waals surface area contributed by atoms with Crippen molar-refractivity contribution in [1.29, 1.82) is 0 Å². The maximum atomic E-state index is 13.7. The van der Waals surface area contributed by atoms with Crippen LogP contribution >= 0.6 is 11.8 Å². The predicted octanol–water partition coefficient (Wildman–Crippen LogP) is 4.91. The van der Waals surface area contributed by atoms with Crippen molar-refractivity contribution in [1.82, 2.24) is 0 Å². The van der Waals surface area contributed by atoms with Crippen LogP contribution in [0.5, 0.6) is 0 Å². The normalized spacial score (nSPS) is 24.9. The van der Waals surface area contributed by atoms with Gasteiger partial charge in [-0.3, -0.25) is 9.69 Å². The summed E-state index contributed by atoms with van der Waals surface area (Å²) in [7, 11) is 0. The third-order valence-corrected chi connectivity index (χ3v) is 6.77. The molecule has 0 aromatic heterocycles. The van der Waals surface area contributed by atoms with E-state index in [1.165, 1.54) is 16.7 Å². The van der Waals surface area contributed by atoms with Crippen LogP contribution in [0, 0.1) is 6.92 Å². The highest BCUT2D eigenvalue weighted by Gasteiger charge is 2.59. The van der Waals surface area contributed by atoms with Gasteiger partial charge < -0.3 is 5.32 Å². The molecular formula is C21H20N2OS. The maximum Gasteiger partial charge on any atom is 0.269 e. The highest BCUT2D eigenvalue weighted by Crippen LogP contribution is 2.61. The third-order valence-electron chi connectivity index (χ3n) is 5.39. The van der Waals surface area contributed by atoms with Crippen molar-refractivity contribution in [3.05, 3.63) is 59.2 Å². The number of para-hydroxylation sites is 1. The first-order chi connectivity index (χ1) is 11.8. The topological polar surface area (TPSA) is 32.3 Å². The minimum absolute atomic E-state index is 0.129. The SMILES string of the molecule is CC1=CC(C)(C)N2C(=O)C3(Nc4ccccc4S3)c3cc(C)cc1c32. The van der Waals surface area contributed by atoms with Gasteiger partial charge in [-0.1, -0.05) is 36.0 Å². The standard InChI is InChI=1S/C21H20N2OS/c1-12-9-14-13(2)11-20(3,4)23-18(14)15(10-12)21(19(23)24)22-16-7-5-6-8-17(16)25-21/h5-11,22H,1-4H3. The quantitative estimate of drug-likeness (QED) is 0.734. The lowest BCUT2D eigenvalue weighted by molar-refractivity contribution is -0.120. The lowest BCUT2D eigenvalue weighted by Gasteiger charge is -2.39. The van der Waals surface area contributed by atoms with E-state index >= 15 is 0 Å². The van der Waals surface area contributed by atoms with E-state index in [1.54, 1.807) is 11.8 Å². The molecule has 126 valence electrons. The Morgan fingerprint density at radius 1 is 1.12 bits per heavy atom. The maximum absolute atomic E-state index is 13.7. The van der Waals surface area contributed by atoms with E-state index in [2.05, 4.69) is 63.4 Å². The third kappa shape index (κ3) is 1.75. The van der Waals surface area contributed by atoms with Gasteiger partial charge in [0.1, 0.15) is 0 Å². The van der Waals surface area contributed by atoms with E-state index in [0.717, 1.165) is 21.8 Å². The summed E-state index contributed by atoms with van der Waals surface area (Å²) < 4.78 is 0. The Labute approximate surface area is 152 Å². The number of nitrogens with zero attached hydrogens (tertiary/aromatic N) is 1. The Balaban J connectivity index is 1.81. The van der Waals surface area contributed by atoms with Gasteiger partial charge in [0, 0.05) is 21.7 Å². The van der Waals surface area contributed by atoms with Crippen molar-refractivity contribution in [3.63, 3.8) is 0 Å². The van der Waals surface area contributed by atoms with E-state index in [-0.39, 0.29) is 11.4 Å². The number of aryl methyl sites for hydroxylation is 1. The molecule has 1 N–H and O–H groups in total. The first-order valence-corrected chi connectivity index (χ1v) is 9.41. The van der Waals surface area contributed by atoms with Gasteiger partial charge in [0.05, 0.1) is 11.2 Å². The number of allylic oxidation sites excluding steroid dienone is 1. The lowest BCUT2D eigenvalue weighted by Crippen LogP contribution is -2.51. The average Bonchev–Trinajstić information content (AvgIpc) is 3.04. The van der Waals surface area contributed by atoms with Crippen molar-refractivity contribution in [3.8, 4) is 0 Å². The molecule has 2 aromatic carbocycles. The molecule has 5 rings (SSSR count). The fourth-order valence-electron chi connectivity index (χ4n) is 4.44. The van der Waals surface area contributed by atoms with Crippen LogP contribution < -0.4 is 10.2 Å². The summed E-state index contributed by atoms with van der Waals surface area (Å²) in [4.78, 5) is 16.1. The van der Waals surface area contributed by atoms with Crippen LogP contribution in [-0.2, 0) is 9.67 Å². The molecule has 4 heteroatoms. The van der Waals surface area contributed by atoms with Crippen LogP contribution in [0.15, 0.2) is 47.4 Å². The molecule has 3 nitrogen and oxygen atoms in total. The molecule has 1 atom stereocenters. The number of thioether (sulfide) groups is 1. The fourth-order valence-corrected chi connectivity index (χ4v) is 5.75. The van der Waals surface area contributed by atoms with Crippen LogP contribution in [0.4, 0.5) is 11.4 Å². The number of hydrogen-bond acceptors (Lipinski definition) is 3. The minimum atomic E-state index is -0.754. The average molecular weight is 348 g/mol. The number of hydrogen-bond donors (Lipinski definition) is 1. The summed E-state index contributed by atoms with van der Waals surface area (Å²) in [6, 6.07) is 12.6. The molecule has 3 aliphatic rings. The van der Waals surface area contributed by atoms with Gasteiger partial charge in [0.25, 0.3) is 5.91 Å². The molecule has 0 aliphatic carbocycles. The van der Waals surface area contributed by atoms with Crippen molar-refractivity contribution in [2.24, 2.45) is 0 Å². The molecule has 0 radical (unpaired) electrons. The summed E-state index contributed by atoms with van der Waals surface area (Å²) in [5.74, 6) is 0.129. The number of rotatable bonds is 0. The van der Waals surface area contributed by atoms with Crippen LogP contribution in [0.25, 0.3) is 5.57 Å². The largest absolute Gasteiger partial charge is 0.358 e. The Morgan fingerprint density at radius 3 is 2.64 bits per heavy atom. The Morgan fingerprint density at radius 2 is 1.88 bits per heavy atom. The van der Waals surface area contributed by atoms with Gasteiger partial charge in [-0.15, -0.1) is 0 Å². The van der Waals surface area contributed by atoms with Gasteiger partial charge in [0.15, 0.2) is 4.87 Å². The molecule has 3 aliphatic heterocycles. The number of benzene rings is 2.